The summed E-state index contributed by atoms with van der Waals surface area (Å²) in [4.78, 5) is 28.4. The summed E-state index contributed by atoms with van der Waals surface area (Å²) in [6, 6.07) is 12.1. The number of carbonyl (C=O) groups is 2. The molecule has 2 aromatic heterocycles. The van der Waals surface area contributed by atoms with Crippen LogP contribution in [0.3, 0.4) is 0 Å². The quantitative estimate of drug-likeness (QED) is 0.776. The molecule has 6 nitrogen and oxygen atoms in total. The molecule has 1 aromatic carbocycles. The molecule has 0 saturated carbocycles. The molecule has 6 heteroatoms. The van der Waals surface area contributed by atoms with E-state index in [9.17, 15) is 9.59 Å². The van der Waals surface area contributed by atoms with Gasteiger partial charge in [-0.05, 0) is 31.2 Å². The van der Waals surface area contributed by atoms with Crippen LogP contribution in [0.5, 0.6) is 0 Å². The van der Waals surface area contributed by atoms with Gasteiger partial charge in [0.25, 0.3) is 5.91 Å². The van der Waals surface area contributed by atoms with Crippen molar-refractivity contribution >= 4 is 28.5 Å². The topological polar surface area (TPSA) is 84.2 Å². The predicted octanol–water partition coefficient (Wildman–Crippen LogP) is 2.58. The number of nitrogens with zero attached hydrogens (tertiary/aromatic N) is 1. The number of aromatic nitrogens is 1. The molecule has 2 heterocycles. The molecule has 116 valence electrons. The Bertz CT molecular complexity index is 843. The van der Waals surface area contributed by atoms with Crippen LogP contribution < -0.4 is 10.6 Å². The Morgan fingerprint density at radius 3 is 2.74 bits per heavy atom. The van der Waals surface area contributed by atoms with Crippen LogP contribution in [0.2, 0.25) is 0 Å². The summed E-state index contributed by atoms with van der Waals surface area (Å²) >= 11 is 0. The number of para-hydroxylation sites is 1. The first-order valence-corrected chi connectivity index (χ1v) is 7.13. The molecule has 0 radical (unpaired) electrons. The average molecular weight is 309 g/mol. The van der Waals surface area contributed by atoms with Crippen molar-refractivity contribution in [3.63, 3.8) is 0 Å². The fourth-order valence-corrected chi connectivity index (χ4v) is 2.11. The number of furan rings is 1. The standard InChI is InChI=1S/C17H15N3O3/c1-11(18-17(22)13-8-9-23-10-13)16(21)20-15-7-6-12-4-2-3-5-14(12)19-15/h2-11H,1H3,(H,18,22)(H,19,20,21)/t11-/m0/s1. The number of nitrogens with one attached hydrogen (secondary N) is 2. The van der Waals surface area contributed by atoms with E-state index in [1.54, 1.807) is 13.0 Å². The summed E-state index contributed by atoms with van der Waals surface area (Å²) in [6.45, 7) is 1.61. The highest BCUT2D eigenvalue weighted by molar-refractivity contribution is 6.00. The Kier molecular flexibility index (Phi) is 4.05. The van der Waals surface area contributed by atoms with Gasteiger partial charge in [-0.2, -0.15) is 0 Å². The molecule has 2 N–H and O–H groups in total. The van der Waals surface area contributed by atoms with Crippen LogP contribution in [0.25, 0.3) is 10.9 Å². The van der Waals surface area contributed by atoms with Gasteiger partial charge in [0.1, 0.15) is 18.1 Å². The Labute approximate surface area is 132 Å². The van der Waals surface area contributed by atoms with Gasteiger partial charge < -0.3 is 15.1 Å². The van der Waals surface area contributed by atoms with E-state index in [1.165, 1.54) is 18.6 Å². The normalized spacial score (nSPS) is 11.9. The first-order chi connectivity index (χ1) is 11.1. The molecule has 0 aliphatic rings. The molecule has 0 fully saturated rings. The van der Waals surface area contributed by atoms with Gasteiger partial charge in [-0.15, -0.1) is 0 Å². The lowest BCUT2D eigenvalue weighted by atomic mass is 10.2. The lowest BCUT2D eigenvalue weighted by Gasteiger charge is -2.13. The van der Waals surface area contributed by atoms with E-state index in [4.69, 9.17) is 4.42 Å². The van der Waals surface area contributed by atoms with Gasteiger partial charge in [-0.3, -0.25) is 9.59 Å². The summed E-state index contributed by atoms with van der Waals surface area (Å²) in [6.07, 6.45) is 2.73. The monoisotopic (exact) mass is 309 g/mol. The molecule has 0 unspecified atom stereocenters. The molecule has 0 aliphatic carbocycles. The summed E-state index contributed by atoms with van der Waals surface area (Å²) in [5.41, 5.74) is 1.16. The average Bonchev–Trinajstić information content (AvgIpc) is 3.09. The number of fused-ring (bicyclic) bond motifs is 1. The molecule has 2 amide bonds. The number of hydrogen-bond donors (Lipinski definition) is 2. The summed E-state index contributed by atoms with van der Waals surface area (Å²) in [5.74, 6) is -0.268. The lowest BCUT2D eigenvalue weighted by Crippen LogP contribution is -2.41. The van der Waals surface area contributed by atoms with Crippen molar-refractivity contribution < 1.29 is 14.0 Å². The lowest BCUT2D eigenvalue weighted by molar-refractivity contribution is -0.117. The van der Waals surface area contributed by atoms with Gasteiger partial charge in [0.2, 0.25) is 5.91 Å². The number of benzene rings is 1. The summed E-state index contributed by atoms with van der Waals surface area (Å²) in [7, 11) is 0. The SMILES string of the molecule is C[C@H](NC(=O)c1ccoc1)C(=O)Nc1ccc2ccccc2n1. The van der Waals surface area contributed by atoms with E-state index in [1.807, 2.05) is 30.3 Å². The molecule has 3 aromatic rings. The molecule has 23 heavy (non-hydrogen) atoms. The van der Waals surface area contributed by atoms with Gasteiger partial charge in [-0.1, -0.05) is 18.2 Å². The van der Waals surface area contributed by atoms with E-state index < -0.39 is 6.04 Å². The van der Waals surface area contributed by atoms with E-state index in [0.717, 1.165) is 10.9 Å². The summed E-state index contributed by atoms with van der Waals surface area (Å²) in [5, 5.41) is 6.29. The number of pyridine rings is 1. The van der Waals surface area contributed by atoms with Gasteiger partial charge in [0.05, 0.1) is 17.3 Å². The molecular formula is C17H15N3O3. The number of carbonyl (C=O) groups excluding carboxylic acids is 2. The predicted molar refractivity (Wildman–Crippen MR) is 86.0 cm³/mol. The zero-order valence-electron chi connectivity index (χ0n) is 12.4. The maximum Gasteiger partial charge on any atom is 0.255 e. The van der Waals surface area contributed by atoms with Crippen molar-refractivity contribution in [1.82, 2.24) is 10.3 Å². The molecule has 0 saturated heterocycles. The van der Waals surface area contributed by atoms with Gasteiger partial charge in [0, 0.05) is 5.39 Å². The van der Waals surface area contributed by atoms with E-state index >= 15 is 0 Å². The maximum absolute atomic E-state index is 12.2. The van der Waals surface area contributed by atoms with Crippen molar-refractivity contribution in [1.29, 1.82) is 0 Å². The maximum atomic E-state index is 12.2. The molecule has 0 spiro atoms. The van der Waals surface area contributed by atoms with Crippen LogP contribution in [0.1, 0.15) is 17.3 Å². The van der Waals surface area contributed by atoms with Gasteiger partial charge in [-0.25, -0.2) is 4.98 Å². The third-order valence-electron chi connectivity index (χ3n) is 3.37. The van der Waals surface area contributed by atoms with Gasteiger partial charge >= 0.3 is 0 Å². The van der Waals surface area contributed by atoms with Crippen LogP contribution in [-0.4, -0.2) is 22.8 Å². The molecule has 1 atom stereocenters. The van der Waals surface area contributed by atoms with Crippen molar-refractivity contribution in [2.45, 2.75) is 13.0 Å². The third-order valence-corrected chi connectivity index (χ3v) is 3.37. The number of rotatable bonds is 4. The van der Waals surface area contributed by atoms with E-state index in [0.29, 0.717) is 11.4 Å². The minimum absolute atomic E-state index is 0.343. The largest absolute Gasteiger partial charge is 0.472 e. The van der Waals surface area contributed by atoms with Crippen LogP contribution in [0.15, 0.2) is 59.4 Å². The number of hydrogen-bond acceptors (Lipinski definition) is 4. The Morgan fingerprint density at radius 1 is 1.13 bits per heavy atom. The van der Waals surface area contributed by atoms with Crippen LogP contribution in [0.4, 0.5) is 5.82 Å². The van der Waals surface area contributed by atoms with Crippen molar-refractivity contribution in [3.05, 3.63) is 60.6 Å². The second-order valence-electron chi connectivity index (χ2n) is 5.09. The minimum Gasteiger partial charge on any atom is -0.472 e. The van der Waals surface area contributed by atoms with Gasteiger partial charge in [0.15, 0.2) is 0 Å². The van der Waals surface area contributed by atoms with E-state index in [2.05, 4.69) is 15.6 Å². The number of amides is 2. The zero-order chi connectivity index (χ0) is 16.2. The van der Waals surface area contributed by atoms with Crippen molar-refractivity contribution in [2.75, 3.05) is 5.32 Å². The highest BCUT2D eigenvalue weighted by Crippen LogP contribution is 2.14. The molecule has 3 rings (SSSR count). The fourth-order valence-electron chi connectivity index (χ4n) is 2.11. The van der Waals surface area contributed by atoms with Crippen molar-refractivity contribution in [3.8, 4) is 0 Å². The van der Waals surface area contributed by atoms with Crippen LogP contribution >= 0.6 is 0 Å². The Balaban J connectivity index is 1.66. The van der Waals surface area contributed by atoms with Crippen LogP contribution in [0, 0.1) is 0 Å². The Morgan fingerprint density at radius 2 is 1.96 bits per heavy atom. The highest BCUT2D eigenvalue weighted by atomic mass is 16.3. The third kappa shape index (κ3) is 3.37. The second-order valence-corrected chi connectivity index (χ2v) is 5.09. The molecular weight excluding hydrogens is 294 g/mol. The zero-order valence-corrected chi connectivity index (χ0v) is 12.4. The Hall–Kier alpha value is -3.15. The molecule has 0 aliphatic heterocycles. The first kappa shape index (κ1) is 14.8. The highest BCUT2D eigenvalue weighted by Gasteiger charge is 2.17. The molecule has 0 bridgehead atoms. The van der Waals surface area contributed by atoms with Crippen LogP contribution in [-0.2, 0) is 4.79 Å². The first-order valence-electron chi connectivity index (χ1n) is 7.13. The second kappa shape index (κ2) is 6.31. The number of anilines is 1. The van der Waals surface area contributed by atoms with E-state index in [-0.39, 0.29) is 11.8 Å². The smallest absolute Gasteiger partial charge is 0.255 e. The minimum atomic E-state index is -0.703. The van der Waals surface area contributed by atoms with Crippen molar-refractivity contribution in [2.24, 2.45) is 0 Å². The summed E-state index contributed by atoms with van der Waals surface area (Å²) < 4.78 is 4.84. The fraction of sp³-hybridized carbons (Fsp3) is 0.118.